The first-order chi connectivity index (χ1) is 8.76. The van der Waals surface area contributed by atoms with Crippen molar-refractivity contribution in [3.8, 4) is 0 Å². The van der Waals surface area contributed by atoms with Gasteiger partial charge in [0.15, 0.2) is 0 Å². The zero-order valence-electron chi connectivity index (χ0n) is 13.1. The molecule has 0 saturated heterocycles. The number of hydrogen-bond acceptors (Lipinski definition) is 1. The van der Waals surface area contributed by atoms with Gasteiger partial charge in [-0.1, -0.05) is 59.3 Å². The second kappa shape index (κ2) is 8.96. The van der Waals surface area contributed by atoms with Crippen LogP contribution in [0.4, 0.5) is 0 Å². The third-order valence-corrected chi connectivity index (χ3v) is 4.90. The van der Waals surface area contributed by atoms with Gasteiger partial charge in [-0.25, -0.2) is 0 Å². The topological polar surface area (TPSA) is 12.0 Å². The molecule has 1 heteroatoms. The molecule has 108 valence electrons. The molecule has 1 aliphatic rings. The molecule has 0 radical (unpaired) electrons. The van der Waals surface area contributed by atoms with Crippen LogP contribution in [0.5, 0.6) is 0 Å². The highest BCUT2D eigenvalue weighted by molar-refractivity contribution is 4.86. The molecule has 1 aliphatic carbocycles. The van der Waals surface area contributed by atoms with E-state index < -0.39 is 0 Å². The van der Waals surface area contributed by atoms with E-state index in [0.29, 0.717) is 5.41 Å². The van der Waals surface area contributed by atoms with Gasteiger partial charge >= 0.3 is 0 Å². The van der Waals surface area contributed by atoms with Crippen LogP contribution in [-0.2, 0) is 0 Å². The van der Waals surface area contributed by atoms with Crippen molar-refractivity contribution in [3.05, 3.63) is 0 Å². The predicted octanol–water partition coefficient (Wildman–Crippen LogP) is 5.30. The summed E-state index contributed by atoms with van der Waals surface area (Å²) in [7, 11) is 0. The summed E-state index contributed by atoms with van der Waals surface area (Å²) in [6.07, 6.45) is 15.5. The molecule has 1 saturated carbocycles. The number of rotatable bonds is 12. The molecule has 0 aromatic heterocycles. The zero-order chi connectivity index (χ0) is 13.3. The molecular formula is C17H35N. The smallest absolute Gasteiger partial charge is 0.00684 e. The lowest BCUT2D eigenvalue weighted by atomic mass is 9.77. The third-order valence-electron chi connectivity index (χ3n) is 4.90. The van der Waals surface area contributed by atoms with Crippen molar-refractivity contribution in [1.29, 1.82) is 0 Å². The standard InChI is InChI=1S/C17H35N/c1-4-7-8-9-10-11-14-17(5-2,6-3)15-18-16-12-13-16/h16,18H,4-15H2,1-3H3. The van der Waals surface area contributed by atoms with Crippen molar-refractivity contribution in [2.24, 2.45) is 5.41 Å². The second-order valence-electron chi connectivity index (χ2n) is 6.38. The van der Waals surface area contributed by atoms with Crippen molar-refractivity contribution in [3.63, 3.8) is 0 Å². The van der Waals surface area contributed by atoms with Crippen LogP contribution >= 0.6 is 0 Å². The average molecular weight is 253 g/mol. The van der Waals surface area contributed by atoms with Crippen LogP contribution in [0.3, 0.4) is 0 Å². The fraction of sp³-hybridized carbons (Fsp3) is 1.00. The maximum absolute atomic E-state index is 3.76. The highest BCUT2D eigenvalue weighted by Gasteiger charge is 2.29. The maximum atomic E-state index is 3.76. The van der Waals surface area contributed by atoms with Gasteiger partial charge in [0, 0.05) is 12.6 Å². The minimum atomic E-state index is 0.591. The van der Waals surface area contributed by atoms with E-state index in [1.807, 2.05) is 0 Å². The average Bonchev–Trinajstić information content (AvgIpc) is 3.22. The summed E-state index contributed by atoms with van der Waals surface area (Å²) in [6, 6.07) is 0.868. The van der Waals surface area contributed by atoms with E-state index in [4.69, 9.17) is 0 Å². The number of hydrogen-bond donors (Lipinski definition) is 1. The molecule has 0 bridgehead atoms. The highest BCUT2D eigenvalue weighted by Crippen LogP contribution is 2.33. The first-order valence-corrected chi connectivity index (χ1v) is 8.49. The molecule has 0 amide bonds. The summed E-state index contributed by atoms with van der Waals surface area (Å²) in [4.78, 5) is 0. The molecule has 0 aliphatic heterocycles. The van der Waals surface area contributed by atoms with Gasteiger partial charge in [-0.05, 0) is 37.5 Å². The molecule has 0 unspecified atom stereocenters. The summed E-state index contributed by atoms with van der Waals surface area (Å²) < 4.78 is 0. The Morgan fingerprint density at radius 1 is 0.889 bits per heavy atom. The molecule has 18 heavy (non-hydrogen) atoms. The van der Waals surface area contributed by atoms with Crippen LogP contribution in [0.1, 0.15) is 91.4 Å². The Morgan fingerprint density at radius 3 is 2.06 bits per heavy atom. The van der Waals surface area contributed by atoms with E-state index >= 15 is 0 Å². The Balaban J connectivity index is 2.14. The third kappa shape index (κ3) is 6.22. The van der Waals surface area contributed by atoms with Crippen LogP contribution in [0.15, 0.2) is 0 Å². The van der Waals surface area contributed by atoms with E-state index in [0.717, 1.165) is 6.04 Å². The van der Waals surface area contributed by atoms with Crippen molar-refractivity contribution < 1.29 is 0 Å². The lowest BCUT2D eigenvalue weighted by Crippen LogP contribution is -2.34. The molecule has 1 nitrogen and oxygen atoms in total. The molecule has 0 aromatic carbocycles. The SMILES string of the molecule is CCCCCCCCC(CC)(CC)CNC1CC1. The molecule has 0 spiro atoms. The van der Waals surface area contributed by atoms with E-state index in [1.54, 1.807) is 0 Å². The first-order valence-electron chi connectivity index (χ1n) is 8.49. The van der Waals surface area contributed by atoms with E-state index in [2.05, 4.69) is 26.1 Å². The van der Waals surface area contributed by atoms with Gasteiger partial charge in [0.05, 0.1) is 0 Å². The Bertz CT molecular complexity index is 192. The van der Waals surface area contributed by atoms with Crippen LogP contribution in [-0.4, -0.2) is 12.6 Å². The summed E-state index contributed by atoms with van der Waals surface area (Å²) >= 11 is 0. The summed E-state index contributed by atoms with van der Waals surface area (Å²) in [5.74, 6) is 0. The van der Waals surface area contributed by atoms with Crippen molar-refractivity contribution in [2.75, 3.05) is 6.54 Å². The number of nitrogens with one attached hydrogen (secondary N) is 1. The normalized spacial score (nSPS) is 16.2. The van der Waals surface area contributed by atoms with Gasteiger partial charge in [-0.3, -0.25) is 0 Å². The van der Waals surface area contributed by atoms with Gasteiger partial charge in [-0.15, -0.1) is 0 Å². The van der Waals surface area contributed by atoms with Crippen LogP contribution in [0.25, 0.3) is 0 Å². The van der Waals surface area contributed by atoms with E-state index in [9.17, 15) is 0 Å². The van der Waals surface area contributed by atoms with Crippen LogP contribution in [0, 0.1) is 5.41 Å². The molecular weight excluding hydrogens is 218 g/mol. The molecule has 1 rings (SSSR count). The maximum Gasteiger partial charge on any atom is 0.00684 e. The molecule has 0 atom stereocenters. The van der Waals surface area contributed by atoms with E-state index in [-0.39, 0.29) is 0 Å². The van der Waals surface area contributed by atoms with Crippen molar-refractivity contribution >= 4 is 0 Å². The molecule has 0 heterocycles. The van der Waals surface area contributed by atoms with Crippen LogP contribution < -0.4 is 5.32 Å². The fourth-order valence-electron chi connectivity index (χ4n) is 2.87. The zero-order valence-corrected chi connectivity index (χ0v) is 13.1. The van der Waals surface area contributed by atoms with Gasteiger partial charge < -0.3 is 5.32 Å². The quantitative estimate of drug-likeness (QED) is 0.466. The summed E-state index contributed by atoms with van der Waals surface area (Å²) in [6.45, 7) is 8.33. The lowest BCUT2D eigenvalue weighted by Gasteiger charge is -2.32. The largest absolute Gasteiger partial charge is 0.313 e. The van der Waals surface area contributed by atoms with Gasteiger partial charge in [0.2, 0.25) is 0 Å². The minimum Gasteiger partial charge on any atom is -0.313 e. The predicted molar refractivity (Wildman–Crippen MR) is 82.0 cm³/mol. The minimum absolute atomic E-state index is 0.591. The fourth-order valence-corrected chi connectivity index (χ4v) is 2.87. The summed E-state index contributed by atoms with van der Waals surface area (Å²) in [5.41, 5.74) is 0.591. The highest BCUT2D eigenvalue weighted by atomic mass is 15.0. The lowest BCUT2D eigenvalue weighted by molar-refractivity contribution is 0.218. The molecule has 1 N–H and O–H groups in total. The molecule has 1 fully saturated rings. The van der Waals surface area contributed by atoms with E-state index in [1.165, 1.54) is 77.2 Å². The first kappa shape index (κ1) is 16.0. The van der Waals surface area contributed by atoms with Crippen LogP contribution in [0.2, 0.25) is 0 Å². The number of unbranched alkanes of at least 4 members (excludes halogenated alkanes) is 5. The van der Waals surface area contributed by atoms with Crippen molar-refractivity contribution in [2.45, 2.75) is 97.4 Å². The van der Waals surface area contributed by atoms with Gasteiger partial charge in [0.25, 0.3) is 0 Å². The van der Waals surface area contributed by atoms with Gasteiger partial charge in [-0.2, -0.15) is 0 Å². The monoisotopic (exact) mass is 253 g/mol. The Morgan fingerprint density at radius 2 is 1.50 bits per heavy atom. The van der Waals surface area contributed by atoms with Gasteiger partial charge in [0.1, 0.15) is 0 Å². The summed E-state index contributed by atoms with van der Waals surface area (Å²) in [5, 5.41) is 3.76. The molecule has 0 aromatic rings. The van der Waals surface area contributed by atoms with Crippen molar-refractivity contribution in [1.82, 2.24) is 5.32 Å². The second-order valence-corrected chi connectivity index (χ2v) is 6.38. The Kier molecular flexibility index (Phi) is 7.97. The Hall–Kier alpha value is -0.0400. The Labute approximate surface area is 115 Å².